The van der Waals surface area contributed by atoms with Crippen LogP contribution in [0.25, 0.3) is 5.57 Å². The van der Waals surface area contributed by atoms with Crippen molar-refractivity contribution in [3.63, 3.8) is 0 Å². The maximum absolute atomic E-state index is 13.2. The van der Waals surface area contributed by atoms with Gasteiger partial charge in [-0.25, -0.2) is 0 Å². The second kappa shape index (κ2) is 13.0. The number of allylic oxidation sites excluding steroid dienone is 4. The molecule has 1 saturated carbocycles. The molecule has 2 aliphatic heterocycles. The quantitative estimate of drug-likeness (QED) is 0.299. The third-order valence-corrected chi connectivity index (χ3v) is 9.47. The zero-order valence-electron chi connectivity index (χ0n) is 22.2. The zero-order chi connectivity index (χ0) is 25.6. The summed E-state index contributed by atoms with van der Waals surface area (Å²) in [6.45, 7) is 5.30. The summed E-state index contributed by atoms with van der Waals surface area (Å²) in [6.07, 6.45) is 18.9. The molecule has 0 bridgehead atoms. The number of benzene rings is 1. The molecule has 1 unspecified atom stereocenters. The Morgan fingerprint density at radius 1 is 0.865 bits per heavy atom. The van der Waals surface area contributed by atoms with E-state index in [-0.39, 0.29) is 5.92 Å². The minimum absolute atomic E-state index is 0.00535. The van der Waals surface area contributed by atoms with Gasteiger partial charge in [-0.05, 0) is 99.4 Å². The van der Waals surface area contributed by atoms with E-state index in [9.17, 15) is 4.79 Å². The highest BCUT2D eigenvalue weighted by Crippen LogP contribution is 2.37. The van der Waals surface area contributed by atoms with Crippen molar-refractivity contribution in [3.05, 3.63) is 51.2 Å². The SMILES string of the molecule is O=C1C(Cc2c(Cl)cc(C3=CC=C(OCCCN4CCCCC4)CC3)cc2Cl)CCN1C1CCCCC1. The molecule has 37 heavy (non-hydrogen) atoms. The molecular formula is C31H42Cl2N2O2. The maximum atomic E-state index is 13.2. The molecule has 0 radical (unpaired) electrons. The fraction of sp³-hybridized carbons (Fsp3) is 0.645. The average molecular weight is 546 g/mol. The summed E-state index contributed by atoms with van der Waals surface area (Å²) in [5, 5.41) is 1.35. The number of rotatable bonds is 9. The first-order valence-electron chi connectivity index (χ1n) is 14.6. The van der Waals surface area contributed by atoms with Gasteiger partial charge in [-0.3, -0.25) is 4.79 Å². The van der Waals surface area contributed by atoms with Crippen LogP contribution in [0.1, 0.15) is 88.2 Å². The molecule has 3 fully saturated rings. The van der Waals surface area contributed by atoms with Gasteiger partial charge >= 0.3 is 0 Å². The van der Waals surface area contributed by atoms with Crippen molar-refractivity contribution in [2.24, 2.45) is 5.92 Å². The standard InChI is InChI=1S/C31H42Cl2N2O2/c32-29-21-25(23-10-12-27(13-11-23)37-19-7-17-34-15-5-2-6-16-34)22-30(33)28(29)20-24-14-18-35(31(24)36)26-8-3-1-4-9-26/h10,12,21-22,24,26H,1-9,11,13-20H2. The topological polar surface area (TPSA) is 32.8 Å². The minimum Gasteiger partial charge on any atom is -0.498 e. The molecule has 1 aromatic carbocycles. The Labute approximate surface area is 233 Å². The highest BCUT2D eigenvalue weighted by molar-refractivity contribution is 6.36. The Kier molecular flexibility index (Phi) is 9.55. The molecule has 4 aliphatic rings. The first-order valence-corrected chi connectivity index (χ1v) is 15.4. The van der Waals surface area contributed by atoms with E-state index in [0.717, 1.165) is 75.1 Å². The van der Waals surface area contributed by atoms with Gasteiger partial charge in [0.25, 0.3) is 0 Å². The van der Waals surface area contributed by atoms with Crippen molar-refractivity contribution in [2.75, 3.05) is 32.8 Å². The average Bonchev–Trinajstić information content (AvgIpc) is 3.30. The van der Waals surface area contributed by atoms with Crippen LogP contribution in [0.3, 0.4) is 0 Å². The Bertz CT molecular complexity index is 985. The number of carbonyl (C=O) groups is 1. The number of halogens is 2. The van der Waals surface area contributed by atoms with Gasteiger partial charge in [-0.1, -0.05) is 55.0 Å². The molecule has 202 valence electrons. The number of carbonyl (C=O) groups excluding carboxylic acids is 1. The van der Waals surface area contributed by atoms with E-state index in [0.29, 0.717) is 28.4 Å². The van der Waals surface area contributed by atoms with E-state index in [1.807, 2.05) is 12.1 Å². The number of piperidine rings is 1. The van der Waals surface area contributed by atoms with E-state index < -0.39 is 0 Å². The fourth-order valence-electron chi connectivity index (χ4n) is 6.59. The lowest BCUT2D eigenvalue weighted by Gasteiger charge is -2.31. The summed E-state index contributed by atoms with van der Waals surface area (Å²) < 4.78 is 6.06. The lowest BCUT2D eigenvalue weighted by molar-refractivity contribution is -0.133. The maximum Gasteiger partial charge on any atom is 0.226 e. The van der Waals surface area contributed by atoms with Gasteiger partial charge in [0.2, 0.25) is 5.91 Å². The Morgan fingerprint density at radius 3 is 2.30 bits per heavy atom. The molecule has 2 aliphatic carbocycles. The molecule has 0 N–H and O–H groups in total. The molecule has 2 saturated heterocycles. The Hall–Kier alpha value is -1.49. The monoisotopic (exact) mass is 544 g/mol. The summed E-state index contributed by atoms with van der Waals surface area (Å²) in [4.78, 5) is 17.9. The van der Waals surface area contributed by atoms with Crippen LogP contribution in [0, 0.1) is 5.92 Å². The molecule has 1 amide bonds. The fourth-order valence-corrected chi connectivity index (χ4v) is 7.23. The second-order valence-electron chi connectivity index (χ2n) is 11.4. The summed E-state index contributed by atoms with van der Waals surface area (Å²) >= 11 is 13.5. The van der Waals surface area contributed by atoms with Gasteiger partial charge in [0.15, 0.2) is 0 Å². The smallest absolute Gasteiger partial charge is 0.226 e. The van der Waals surface area contributed by atoms with Crippen LogP contribution < -0.4 is 0 Å². The highest BCUT2D eigenvalue weighted by atomic mass is 35.5. The molecule has 0 aromatic heterocycles. The largest absolute Gasteiger partial charge is 0.498 e. The van der Waals surface area contributed by atoms with E-state index in [1.54, 1.807) is 0 Å². The van der Waals surface area contributed by atoms with E-state index in [4.69, 9.17) is 27.9 Å². The van der Waals surface area contributed by atoms with Gasteiger partial charge in [0.05, 0.1) is 12.4 Å². The number of nitrogens with zero attached hydrogens (tertiary/aromatic N) is 2. The van der Waals surface area contributed by atoms with Crippen LogP contribution in [-0.4, -0.2) is 54.5 Å². The van der Waals surface area contributed by atoms with Crippen LogP contribution in [0.2, 0.25) is 10.0 Å². The van der Waals surface area contributed by atoms with Gasteiger partial charge < -0.3 is 14.5 Å². The lowest BCUT2D eigenvalue weighted by atomic mass is 9.92. The van der Waals surface area contributed by atoms with Crippen LogP contribution in [-0.2, 0) is 16.0 Å². The first-order chi connectivity index (χ1) is 18.1. The molecule has 0 spiro atoms. The van der Waals surface area contributed by atoms with Crippen molar-refractivity contribution in [1.29, 1.82) is 0 Å². The number of likely N-dealkylation sites (tertiary alicyclic amines) is 2. The van der Waals surface area contributed by atoms with Crippen molar-refractivity contribution >= 4 is 34.7 Å². The summed E-state index contributed by atoms with van der Waals surface area (Å²) in [7, 11) is 0. The Morgan fingerprint density at radius 2 is 1.59 bits per heavy atom. The summed E-state index contributed by atoms with van der Waals surface area (Å²) in [5.74, 6) is 1.36. The van der Waals surface area contributed by atoms with Gasteiger partial charge in [-0.15, -0.1) is 0 Å². The van der Waals surface area contributed by atoms with Crippen molar-refractivity contribution in [2.45, 2.75) is 89.5 Å². The molecule has 6 heteroatoms. The summed E-state index contributed by atoms with van der Waals surface area (Å²) in [5.41, 5.74) is 3.22. The van der Waals surface area contributed by atoms with Gasteiger partial charge in [0, 0.05) is 41.5 Å². The van der Waals surface area contributed by atoms with E-state index in [1.165, 1.54) is 57.2 Å². The van der Waals surface area contributed by atoms with Crippen LogP contribution in [0.4, 0.5) is 0 Å². The first kappa shape index (κ1) is 27.1. The van der Waals surface area contributed by atoms with Crippen LogP contribution >= 0.6 is 23.2 Å². The second-order valence-corrected chi connectivity index (χ2v) is 12.2. The van der Waals surface area contributed by atoms with Crippen molar-refractivity contribution in [3.8, 4) is 0 Å². The molecule has 1 aromatic rings. The third-order valence-electron chi connectivity index (χ3n) is 8.79. The van der Waals surface area contributed by atoms with Crippen molar-refractivity contribution in [1.82, 2.24) is 9.80 Å². The molecular weight excluding hydrogens is 503 g/mol. The van der Waals surface area contributed by atoms with Crippen LogP contribution in [0.15, 0.2) is 30.0 Å². The lowest BCUT2D eigenvalue weighted by Crippen LogP contribution is -2.39. The zero-order valence-corrected chi connectivity index (χ0v) is 23.7. The molecule has 1 atom stereocenters. The summed E-state index contributed by atoms with van der Waals surface area (Å²) in [6, 6.07) is 4.51. The molecule has 2 heterocycles. The van der Waals surface area contributed by atoms with E-state index in [2.05, 4.69) is 22.0 Å². The van der Waals surface area contributed by atoms with E-state index >= 15 is 0 Å². The predicted molar refractivity (Wildman–Crippen MR) is 153 cm³/mol. The molecule has 5 rings (SSSR count). The Balaban J connectivity index is 1.15. The number of hydrogen-bond acceptors (Lipinski definition) is 3. The third kappa shape index (κ3) is 6.94. The molecule has 4 nitrogen and oxygen atoms in total. The van der Waals surface area contributed by atoms with Crippen LogP contribution in [0.5, 0.6) is 0 Å². The normalized spacial score (nSPS) is 23.8. The van der Waals surface area contributed by atoms with Gasteiger partial charge in [-0.2, -0.15) is 0 Å². The van der Waals surface area contributed by atoms with Crippen molar-refractivity contribution < 1.29 is 9.53 Å². The highest BCUT2D eigenvalue weighted by Gasteiger charge is 2.36. The van der Waals surface area contributed by atoms with Gasteiger partial charge in [0.1, 0.15) is 0 Å². The number of amides is 1. The minimum atomic E-state index is -0.00535. The number of hydrogen-bond donors (Lipinski definition) is 0. The number of ether oxygens (including phenoxy) is 1. The predicted octanol–water partition coefficient (Wildman–Crippen LogP) is 7.67.